The first-order valence-electron chi connectivity index (χ1n) is 10.6. The van der Waals surface area contributed by atoms with E-state index in [1.54, 1.807) is 0 Å². The smallest absolute Gasteiger partial charge is 0.306 e. The second kappa shape index (κ2) is 10.5. The summed E-state index contributed by atoms with van der Waals surface area (Å²) < 4.78 is 29.2. The molecule has 1 heterocycles. The van der Waals surface area contributed by atoms with E-state index in [0.717, 1.165) is 42.6 Å². The van der Waals surface area contributed by atoms with E-state index in [4.69, 9.17) is 0 Å². The Morgan fingerprint density at radius 1 is 1.16 bits per heavy atom. The van der Waals surface area contributed by atoms with Crippen LogP contribution in [0.1, 0.15) is 58.6 Å². The van der Waals surface area contributed by atoms with Crippen molar-refractivity contribution in [3.63, 3.8) is 0 Å². The van der Waals surface area contributed by atoms with Crippen LogP contribution in [0.5, 0.6) is 0 Å². The number of rotatable bonds is 10. The molecule has 3 rings (SSSR count). The number of carbonyl (C=O) groups excluding carboxylic acids is 3. The molecule has 2 aromatic rings. The maximum absolute atomic E-state index is 13.0. The molecular weight excluding hydrogens is 450 g/mol. The number of benzene rings is 1. The second-order valence-electron chi connectivity index (χ2n) is 8.12. The molecule has 9 heteroatoms. The number of aromatic nitrogens is 1. The quantitative estimate of drug-likeness (QED) is 0.381. The van der Waals surface area contributed by atoms with Crippen molar-refractivity contribution in [2.75, 3.05) is 12.9 Å². The van der Waals surface area contributed by atoms with Gasteiger partial charge in [0.2, 0.25) is 0 Å². The first kappa shape index (κ1) is 24.3. The Morgan fingerprint density at radius 2 is 1.88 bits per heavy atom. The maximum atomic E-state index is 13.0. The number of hydrogen-bond acceptors (Lipinski definition) is 8. The second-order valence-corrected chi connectivity index (χ2v) is 11.6. The van der Waals surface area contributed by atoms with Crippen LogP contribution >= 0.6 is 11.3 Å². The molecule has 0 N–H and O–H groups in total. The van der Waals surface area contributed by atoms with Gasteiger partial charge in [-0.25, -0.2) is 13.4 Å². The molecule has 0 amide bonds. The molecule has 7 nitrogen and oxygen atoms in total. The first-order valence-corrected chi connectivity index (χ1v) is 13.1. The third kappa shape index (κ3) is 6.10. The van der Waals surface area contributed by atoms with E-state index in [2.05, 4.69) is 9.72 Å². The zero-order valence-corrected chi connectivity index (χ0v) is 19.9. The molecule has 0 radical (unpaired) electrons. The van der Waals surface area contributed by atoms with Crippen LogP contribution < -0.4 is 0 Å². The van der Waals surface area contributed by atoms with E-state index in [9.17, 15) is 22.8 Å². The Morgan fingerprint density at radius 3 is 2.56 bits per heavy atom. The predicted octanol–water partition coefficient (Wildman–Crippen LogP) is 3.52. The van der Waals surface area contributed by atoms with Crippen LogP contribution in [0.3, 0.4) is 0 Å². The molecule has 1 aromatic carbocycles. The van der Waals surface area contributed by atoms with Crippen molar-refractivity contribution >= 4 is 38.7 Å². The van der Waals surface area contributed by atoms with Crippen LogP contribution in [0, 0.1) is 12.8 Å². The van der Waals surface area contributed by atoms with Gasteiger partial charge in [-0.15, -0.1) is 11.3 Å². The fourth-order valence-corrected chi connectivity index (χ4v) is 6.44. The van der Waals surface area contributed by atoms with Gasteiger partial charge in [0, 0.05) is 17.9 Å². The highest BCUT2D eigenvalue weighted by atomic mass is 32.2. The number of methoxy groups -OCH3 is 1. The number of nitrogens with zero attached hydrogens (tertiary/aromatic N) is 1. The third-order valence-corrected chi connectivity index (χ3v) is 8.90. The van der Waals surface area contributed by atoms with Crippen molar-refractivity contribution in [3.05, 3.63) is 46.1 Å². The van der Waals surface area contributed by atoms with E-state index in [-0.39, 0.29) is 46.7 Å². The number of carbonyl (C=O) groups is 3. The molecule has 0 saturated heterocycles. The molecule has 1 aliphatic rings. The van der Waals surface area contributed by atoms with Gasteiger partial charge < -0.3 is 4.74 Å². The van der Waals surface area contributed by atoms with Crippen LogP contribution in [0.2, 0.25) is 0 Å². The summed E-state index contributed by atoms with van der Waals surface area (Å²) in [5.41, 5.74) is 2.31. The Balaban J connectivity index is 1.68. The van der Waals surface area contributed by atoms with Crippen LogP contribution in [0.15, 0.2) is 28.6 Å². The molecular formula is C23H27NO6S2. The molecule has 1 aromatic heterocycles. The average Bonchev–Trinajstić information content (AvgIpc) is 3.45. The molecule has 0 unspecified atom stereocenters. The van der Waals surface area contributed by atoms with E-state index >= 15 is 0 Å². The summed E-state index contributed by atoms with van der Waals surface area (Å²) in [6, 6.07) is 5.59. The van der Waals surface area contributed by atoms with Gasteiger partial charge in [-0.05, 0) is 31.4 Å². The average molecular weight is 478 g/mol. The summed E-state index contributed by atoms with van der Waals surface area (Å²) >= 11 is 0.932. The number of hydrogen-bond donors (Lipinski definition) is 0. The lowest BCUT2D eigenvalue weighted by atomic mass is 9.90. The highest BCUT2D eigenvalue weighted by molar-refractivity contribution is 7.93. The summed E-state index contributed by atoms with van der Waals surface area (Å²) in [5.74, 6) is -0.966. The van der Waals surface area contributed by atoms with Crippen molar-refractivity contribution in [1.82, 2.24) is 4.98 Å². The highest BCUT2D eigenvalue weighted by Crippen LogP contribution is 2.30. The van der Waals surface area contributed by atoms with E-state index < -0.39 is 15.8 Å². The molecule has 172 valence electrons. The van der Waals surface area contributed by atoms with E-state index in [1.807, 2.05) is 25.1 Å². The SMILES string of the molecule is COC(=O)CCS(=O)(=O)c1cnc(CC(=O)Cc2ccc(C)cc2C(=O)C2CCCC2)s1. The topological polar surface area (TPSA) is 107 Å². The van der Waals surface area contributed by atoms with Crippen molar-refractivity contribution in [3.8, 4) is 0 Å². The summed E-state index contributed by atoms with van der Waals surface area (Å²) in [6.45, 7) is 1.93. The Bertz CT molecular complexity index is 1110. The van der Waals surface area contributed by atoms with Gasteiger partial charge in [-0.2, -0.15) is 0 Å². The summed E-state index contributed by atoms with van der Waals surface area (Å²) in [7, 11) is -2.47. The number of ether oxygens (including phenoxy) is 1. The third-order valence-electron chi connectivity index (χ3n) is 5.63. The monoisotopic (exact) mass is 477 g/mol. The molecule has 1 aliphatic carbocycles. The fourth-order valence-electron chi connectivity index (χ4n) is 3.86. The summed E-state index contributed by atoms with van der Waals surface area (Å²) in [6.07, 6.45) is 4.98. The number of thiazole rings is 1. The van der Waals surface area contributed by atoms with Gasteiger partial charge in [-0.3, -0.25) is 14.4 Å². The number of Topliss-reactive ketones (excluding diaryl/α,β-unsaturated/α-hetero) is 2. The molecule has 1 fully saturated rings. The Hall–Kier alpha value is -2.39. The normalized spacial score (nSPS) is 14.4. The van der Waals surface area contributed by atoms with Crippen LogP contribution in [0.4, 0.5) is 0 Å². The van der Waals surface area contributed by atoms with Crippen molar-refractivity contribution < 1.29 is 27.5 Å². The zero-order valence-electron chi connectivity index (χ0n) is 18.3. The highest BCUT2D eigenvalue weighted by Gasteiger charge is 2.26. The zero-order chi connectivity index (χ0) is 23.3. The van der Waals surface area contributed by atoms with Crippen LogP contribution in [-0.2, 0) is 37.0 Å². The molecule has 0 bridgehead atoms. The van der Waals surface area contributed by atoms with Crippen molar-refractivity contribution in [1.29, 1.82) is 0 Å². The van der Waals surface area contributed by atoms with Gasteiger partial charge in [-0.1, -0.05) is 30.5 Å². The van der Waals surface area contributed by atoms with Gasteiger partial charge >= 0.3 is 5.97 Å². The number of esters is 1. The largest absolute Gasteiger partial charge is 0.469 e. The lowest BCUT2D eigenvalue weighted by Gasteiger charge is -2.13. The van der Waals surface area contributed by atoms with E-state index in [0.29, 0.717) is 16.1 Å². The molecule has 1 saturated carbocycles. The maximum Gasteiger partial charge on any atom is 0.306 e. The van der Waals surface area contributed by atoms with Gasteiger partial charge in [0.25, 0.3) is 0 Å². The minimum atomic E-state index is -3.67. The Labute approximate surface area is 192 Å². The molecule has 32 heavy (non-hydrogen) atoms. The minimum absolute atomic E-state index is 0.0118. The number of aryl methyl sites for hydroxylation is 1. The standard InChI is InChI=1S/C23H27NO6S2/c1-15-7-8-17(19(11-15)23(27)16-5-3-4-6-16)12-18(25)13-20-24-14-22(31-20)32(28,29)10-9-21(26)30-2/h7-8,11,14,16H,3-6,9-10,12-13H2,1-2H3. The number of sulfone groups is 1. The number of ketones is 2. The van der Waals surface area contributed by atoms with Gasteiger partial charge in [0.15, 0.2) is 15.6 Å². The van der Waals surface area contributed by atoms with Crippen molar-refractivity contribution in [2.45, 2.75) is 56.1 Å². The summed E-state index contributed by atoms with van der Waals surface area (Å²) in [5, 5.41) is 0.391. The van der Waals surface area contributed by atoms with Crippen molar-refractivity contribution in [2.24, 2.45) is 5.92 Å². The Kier molecular flexibility index (Phi) is 7.95. The summed E-state index contributed by atoms with van der Waals surface area (Å²) in [4.78, 5) is 41.0. The molecule has 0 spiro atoms. The predicted molar refractivity (Wildman–Crippen MR) is 121 cm³/mol. The lowest BCUT2D eigenvalue weighted by molar-refractivity contribution is -0.140. The molecule has 0 aliphatic heterocycles. The van der Waals surface area contributed by atoms with Crippen LogP contribution in [-0.4, -0.2) is 43.8 Å². The minimum Gasteiger partial charge on any atom is -0.469 e. The fraction of sp³-hybridized carbons (Fsp3) is 0.478. The lowest BCUT2D eigenvalue weighted by Crippen LogP contribution is -2.16. The first-order chi connectivity index (χ1) is 15.2. The van der Waals surface area contributed by atoms with E-state index in [1.165, 1.54) is 13.3 Å². The van der Waals surface area contributed by atoms with Crippen LogP contribution in [0.25, 0.3) is 0 Å². The van der Waals surface area contributed by atoms with Gasteiger partial charge in [0.05, 0.1) is 31.9 Å². The van der Waals surface area contributed by atoms with Gasteiger partial charge in [0.1, 0.15) is 15.0 Å². The molecule has 0 atom stereocenters.